The summed E-state index contributed by atoms with van der Waals surface area (Å²) in [7, 11) is 0. The monoisotopic (exact) mass is 219 g/mol. The van der Waals surface area contributed by atoms with E-state index in [1.807, 2.05) is 0 Å². The van der Waals surface area contributed by atoms with Crippen LogP contribution in [0.25, 0.3) is 0 Å². The summed E-state index contributed by atoms with van der Waals surface area (Å²) in [4.78, 5) is 21.5. The maximum Gasteiger partial charge on any atom is 0.407 e. The van der Waals surface area contributed by atoms with Crippen molar-refractivity contribution < 1.29 is 24.5 Å². The third-order valence-corrected chi connectivity index (χ3v) is 1.36. The average Bonchev–Trinajstić information content (AvgIpc) is 1.98. The zero-order chi connectivity index (χ0) is 12.1. The molecule has 0 radical (unpaired) electrons. The Bertz CT molecular complexity index is 233. The summed E-state index contributed by atoms with van der Waals surface area (Å²) in [6.45, 7) is 4.64. The molecule has 0 bridgehead atoms. The number of carboxylic acids is 1. The van der Waals surface area contributed by atoms with Gasteiger partial charge < -0.3 is 20.3 Å². The number of amides is 1. The molecule has 0 rings (SSSR count). The van der Waals surface area contributed by atoms with Crippen molar-refractivity contribution in [1.29, 1.82) is 0 Å². The number of nitrogens with one attached hydrogen (secondary N) is 1. The first-order valence-corrected chi connectivity index (χ1v) is 4.57. The summed E-state index contributed by atoms with van der Waals surface area (Å²) in [5.41, 5.74) is -0.646. The molecule has 0 aliphatic heterocycles. The van der Waals surface area contributed by atoms with E-state index in [4.69, 9.17) is 14.9 Å². The van der Waals surface area contributed by atoms with Gasteiger partial charge in [-0.2, -0.15) is 0 Å². The van der Waals surface area contributed by atoms with Crippen LogP contribution in [-0.4, -0.2) is 40.5 Å². The van der Waals surface area contributed by atoms with Gasteiger partial charge in [0.1, 0.15) is 5.60 Å². The summed E-state index contributed by atoms with van der Waals surface area (Å²) in [6.07, 6.45) is -1.07. The molecule has 0 aromatic heterocycles. The number of aliphatic hydroxyl groups is 1. The smallest absolute Gasteiger partial charge is 0.407 e. The summed E-state index contributed by atoms with van der Waals surface area (Å²) in [5, 5.41) is 19.5. The molecule has 1 amide bonds. The molecule has 1 atom stereocenters. The van der Waals surface area contributed by atoms with Crippen LogP contribution in [-0.2, 0) is 9.53 Å². The fourth-order valence-electron chi connectivity index (χ4n) is 0.846. The minimum atomic E-state index is -1.09. The molecule has 15 heavy (non-hydrogen) atoms. The number of hydrogen-bond acceptors (Lipinski definition) is 4. The number of aliphatic hydroxyl groups excluding tert-OH is 1. The molecule has 0 aromatic rings. The number of carbonyl (C=O) groups is 2. The molecular formula is C9H17NO5. The van der Waals surface area contributed by atoms with E-state index >= 15 is 0 Å². The van der Waals surface area contributed by atoms with E-state index in [0.29, 0.717) is 0 Å². The van der Waals surface area contributed by atoms with Crippen molar-refractivity contribution in [3.05, 3.63) is 0 Å². The third-order valence-electron chi connectivity index (χ3n) is 1.36. The highest BCUT2D eigenvalue weighted by molar-refractivity contribution is 5.71. The Labute approximate surface area is 88.2 Å². The highest BCUT2D eigenvalue weighted by atomic mass is 16.6. The third kappa shape index (κ3) is 7.75. The molecule has 3 N–H and O–H groups in total. The van der Waals surface area contributed by atoms with Crippen LogP contribution in [0.2, 0.25) is 0 Å². The topological polar surface area (TPSA) is 95.9 Å². The molecule has 0 saturated heterocycles. The highest BCUT2D eigenvalue weighted by Gasteiger charge is 2.20. The van der Waals surface area contributed by atoms with Gasteiger partial charge in [0.25, 0.3) is 0 Å². The lowest BCUT2D eigenvalue weighted by Gasteiger charge is -2.22. The Hall–Kier alpha value is -1.30. The molecule has 0 spiro atoms. The van der Waals surface area contributed by atoms with Gasteiger partial charge in [0.15, 0.2) is 0 Å². The first kappa shape index (κ1) is 13.7. The van der Waals surface area contributed by atoms with Crippen molar-refractivity contribution in [2.45, 2.75) is 38.8 Å². The lowest BCUT2D eigenvalue weighted by atomic mass is 10.2. The van der Waals surface area contributed by atoms with Crippen molar-refractivity contribution in [2.75, 3.05) is 6.61 Å². The van der Waals surface area contributed by atoms with Crippen LogP contribution in [0.1, 0.15) is 27.2 Å². The standard InChI is InChI=1S/C9H17NO5/c1-9(2,3)15-8(14)10-6(5-11)4-7(12)13/h6,11H,4-5H2,1-3H3,(H,10,14)(H,12,13)/t6-/m1/s1. The van der Waals surface area contributed by atoms with Crippen molar-refractivity contribution >= 4 is 12.1 Å². The van der Waals surface area contributed by atoms with Crippen molar-refractivity contribution in [2.24, 2.45) is 0 Å². The number of aliphatic carboxylic acids is 1. The number of alkyl carbamates (subject to hydrolysis) is 1. The molecular weight excluding hydrogens is 202 g/mol. The fourth-order valence-corrected chi connectivity index (χ4v) is 0.846. The van der Waals surface area contributed by atoms with Crippen LogP contribution in [0.15, 0.2) is 0 Å². The van der Waals surface area contributed by atoms with Crippen molar-refractivity contribution in [3.63, 3.8) is 0 Å². The molecule has 0 aromatic carbocycles. The zero-order valence-corrected chi connectivity index (χ0v) is 9.11. The molecule has 6 heteroatoms. The first-order chi connectivity index (χ1) is 6.74. The normalized spacial score (nSPS) is 13.1. The lowest BCUT2D eigenvalue weighted by Crippen LogP contribution is -2.42. The van der Waals surface area contributed by atoms with E-state index in [0.717, 1.165) is 0 Å². The molecule has 0 aliphatic carbocycles. The van der Waals surface area contributed by atoms with E-state index in [1.165, 1.54) is 0 Å². The molecule has 0 unspecified atom stereocenters. The zero-order valence-electron chi connectivity index (χ0n) is 9.11. The number of ether oxygens (including phenoxy) is 1. The van der Waals surface area contributed by atoms with Gasteiger partial charge in [-0.3, -0.25) is 4.79 Å². The summed E-state index contributed by atoms with van der Waals surface area (Å²) >= 11 is 0. The minimum Gasteiger partial charge on any atom is -0.481 e. The van der Waals surface area contributed by atoms with E-state index < -0.39 is 30.3 Å². The summed E-state index contributed by atoms with van der Waals surface area (Å²) in [5.74, 6) is -1.09. The van der Waals surface area contributed by atoms with Crippen LogP contribution in [0, 0.1) is 0 Å². The maximum atomic E-state index is 11.2. The lowest BCUT2D eigenvalue weighted by molar-refractivity contribution is -0.137. The Morgan fingerprint density at radius 2 is 1.93 bits per heavy atom. The number of hydrogen-bond donors (Lipinski definition) is 3. The van der Waals surface area contributed by atoms with Crippen LogP contribution >= 0.6 is 0 Å². The molecule has 6 nitrogen and oxygen atoms in total. The Balaban J connectivity index is 4.07. The highest BCUT2D eigenvalue weighted by Crippen LogP contribution is 2.07. The summed E-state index contributed by atoms with van der Waals surface area (Å²) < 4.78 is 4.90. The van der Waals surface area contributed by atoms with Gasteiger partial charge in [-0.1, -0.05) is 0 Å². The molecule has 88 valence electrons. The predicted molar refractivity (Wildman–Crippen MR) is 52.5 cm³/mol. The van der Waals surface area contributed by atoms with E-state index in [9.17, 15) is 9.59 Å². The second-order valence-electron chi connectivity index (χ2n) is 4.12. The second kappa shape index (κ2) is 5.55. The van der Waals surface area contributed by atoms with Gasteiger partial charge in [0, 0.05) is 0 Å². The van der Waals surface area contributed by atoms with Crippen molar-refractivity contribution in [3.8, 4) is 0 Å². The largest absolute Gasteiger partial charge is 0.481 e. The Kier molecular flexibility index (Phi) is 5.07. The number of carbonyl (C=O) groups excluding carboxylic acids is 1. The van der Waals surface area contributed by atoms with Crippen molar-refractivity contribution in [1.82, 2.24) is 5.32 Å². The van der Waals surface area contributed by atoms with E-state index in [2.05, 4.69) is 5.32 Å². The van der Waals surface area contributed by atoms with Crippen LogP contribution in [0.3, 0.4) is 0 Å². The predicted octanol–water partition coefficient (Wildman–Crippen LogP) is 0.347. The molecule has 0 saturated carbocycles. The van der Waals surface area contributed by atoms with Gasteiger partial charge in [-0.05, 0) is 20.8 Å². The van der Waals surface area contributed by atoms with Gasteiger partial charge in [0.2, 0.25) is 0 Å². The van der Waals surface area contributed by atoms with E-state index in [1.54, 1.807) is 20.8 Å². The van der Waals surface area contributed by atoms with Gasteiger partial charge >= 0.3 is 12.1 Å². The number of carboxylic acid groups (broad SMARTS) is 1. The first-order valence-electron chi connectivity index (χ1n) is 4.57. The SMILES string of the molecule is CC(C)(C)OC(=O)N[C@@H](CO)CC(=O)O. The number of rotatable bonds is 4. The van der Waals surface area contributed by atoms with Crippen LogP contribution in [0.4, 0.5) is 4.79 Å². The minimum absolute atomic E-state index is 0.338. The van der Waals surface area contributed by atoms with Gasteiger partial charge in [0.05, 0.1) is 19.1 Å². The Morgan fingerprint density at radius 1 is 1.40 bits per heavy atom. The molecule has 0 fully saturated rings. The maximum absolute atomic E-state index is 11.2. The Morgan fingerprint density at radius 3 is 2.27 bits per heavy atom. The average molecular weight is 219 g/mol. The van der Waals surface area contributed by atoms with Gasteiger partial charge in [-0.15, -0.1) is 0 Å². The fraction of sp³-hybridized carbons (Fsp3) is 0.778. The summed E-state index contributed by atoms with van der Waals surface area (Å²) in [6, 6.07) is -0.822. The second-order valence-corrected chi connectivity index (χ2v) is 4.12. The van der Waals surface area contributed by atoms with Crippen LogP contribution < -0.4 is 5.32 Å². The van der Waals surface area contributed by atoms with E-state index in [-0.39, 0.29) is 6.42 Å². The van der Waals surface area contributed by atoms with Gasteiger partial charge in [-0.25, -0.2) is 4.79 Å². The molecule has 0 heterocycles. The quantitative estimate of drug-likeness (QED) is 0.634. The van der Waals surface area contributed by atoms with Crippen LogP contribution in [0.5, 0.6) is 0 Å². The molecule has 0 aliphatic rings.